The van der Waals surface area contributed by atoms with Crippen molar-refractivity contribution in [1.82, 2.24) is 4.98 Å². The summed E-state index contributed by atoms with van der Waals surface area (Å²) in [5.41, 5.74) is 1.10. The van der Waals surface area contributed by atoms with E-state index in [0.717, 1.165) is 0 Å². The van der Waals surface area contributed by atoms with E-state index < -0.39 is 0 Å². The summed E-state index contributed by atoms with van der Waals surface area (Å²) < 4.78 is 18.9. The number of halogens is 1. The van der Waals surface area contributed by atoms with Crippen molar-refractivity contribution in [2.24, 2.45) is 0 Å². The summed E-state index contributed by atoms with van der Waals surface area (Å²) in [6.07, 6.45) is 1.62. The van der Waals surface area contributed by atoms with Gasteiger partial charge in [-0.15, -0.1) is 11.3 Å². The number of nitrogens with one attached hydrogen (secondary N) is 1. The molecule has 4 nitrogen and oxygen atoms in total. The molecule has 1 heterocycles. The lowest BCUT2D eigenvalue weighted by Crippen LogP contribution is -2.13. The average molecular weight is 328 g/mol. The van der Waals surface area contributed by atoms with Gasteiger partial charge in [-0.2, -0.15) is 0 Å². The van der Waals surface area contributed by atoms with Crippen molar-refractivity contribution in [3.63, 3.8) is 0 Å². The highest BCUT2D eigenvalue weighted by Gasteiger charge is 2.13. The number of thiazole rings is 1. The summed E-state index contributed by atoms with van der Waals surface area (Å²) in [5.74, 6) is -0.179. The smallest absolute Gasteiger partial charge is 0.261 e. The highest BCUT2D eigenvalue weighted by molar-refractivity contribution is 7.13. The van der Waals surface area contributed by atoms with Crippen LogP contribution in [0.2, 0.25) is 0 Å². The summed E-state index contributed by atoms with van der Waals surface area (Å²) >= 11 is 1.34. The zero-order valence-corrected chi connectivity index (χ0v) is 12.8. The van der Waals surface area contributed by atoms with Crippen LogP contribution < -0.4 is 10.1 Å². The molecule has 0 radical (unpaired) electrons. The molecule has 6 heteroatoms. The van der Waals surface area contributed by atoms with Gasteiger partial charge in [0.1, 0.15) is 18.2 Å². The molecule has 0 saturated carbocycles. The molecule has 0 bridgehead atoms. The fourth-order valence-electron chi connectivity index (χ4n) is 2.02. The fraction of sp³-hybridized carbons (Fsp3) is 0.0588. The third-order valence-corrected chi connectivity index (χ3v) is 3.76. The quantitative estimate of drug-likeness (QED) is 0.767. The van der Waals surface area contributed by atoms with Crippen molar-refractivity contribution >= 4 is 22.4 Å². The number of aromatic nitrogens is 1. The molecule has 0 aliphatic heterocycles. The van der Waals surface area contributed by atoms with Crippen molar-refractivity contribution in [1.29, 1.82) is 0 Å². The number of carbonyl (C=O) groups excluding carboxylic acids is 1. The van der Waals surface area contributed by atoms with E-state index in [-0.39, 0.29) is 18.3 Å². The molecule has 2 aromatic carbocycles. The van der Waals surface area contributed by atoms with Gasteiger partial charge in [-0.3, -0.25) is 10.1 Å². The number of carbonyl (C=O) groups is 1. The van der Waals surface area contributed by atoms with Gasteiger partial charge < -0.3 is 4.74 Å². The van der Waals surface area contributed by atoms with Crippen molar-refractivity contribution < 1.29 is 13.9 Å². The molecule has 0 atom stereocenters. The van der Waals surface area contributed by atoms with Crippen LogP contribution in [-0.2, 0) is 6.61 Å². The largest absolute Gasteiger partial charge is 0.488 e. The Kier molecular flexibility index (Phi) is 4.63. The molecular formula is C17H13FN2O2S. The topological polar surface area (TPSA) is 51.2 Å². The molecule has 3 rings (SSSR count). The first-order chi connectivity index (χ1) is 11.2. The van der Waals surface area contributed by atoms with E-state index in [2.05, 4.69) is 10.3 Å². The first-order valence-electron chi connectivity index (χ1n) is 6.89. The number of ether oxygens (including phenoxy) is 1. The van der Waals surface area contributed by atoms with Gasteiger partial charge in [0, 0.05) is 11.6 Å². The SMILES string of the molecule is O=C(Nc1nccs1)c1ccccc1OCc1cccc(F)c1. The number of nitrogens with zero attached hydrogens (tertiary/aromatic N) is 1. The number of anilines is 1. The van der Waals surface area contributed by atoms with Crippen LogP contribution in [0.3, 0.4) is 0 Å². The molecule has 0 aliphatic carbocycles. The first-order valence-corrected chi connectivity index (χ1v) is 7.77. The van der Waals surface area contributed by atoms with Gasteiger partial charge >= 0.3 is 0 Å². The maximum atomic E-state index is 13.2. The lowest BCUT2D eigenvalue weighted by atomic mass is 10.2. The average Bonchev–Trinajstić information content (AvgIpc) is 3.06. The third kappa shape index (κ3) is 3.92. The zero-order valence-electron chi connectivity index (χ0n) is 12.0. The summed E-state index contributed by atoms with van der Waals surface area (Å²) in [6, 6.07) is 13.1. The molecule has 3 aromatic rings. The van der Waals surface area contributed by atoms with Crippen LogP contribution >= 0.6 is 11.3 Å². The fourth-order valence-corrected chi connectivity index (χ4v) is 2.54. The van der Waals surface area contributed by atoms with Crippen molar-refractivity contribution in [2.45, 2.75) is 6.61 Å². The second-order valence-electron chi connectivity index (χ2n) is 4.71. The van der Waals surface area contributed by atoms with Crippen LogP contribution in [0, 0.1) is 5.82 Å². The van der Waals surface area contributed by atoms with E-state index in [9.17, 15) is 9.18 Å². The Hall–Kier alpha value is -2.73. The van der Waals surface area contributed by atoms with E-state index in [1.165, 1.54) is 23.5 Å². The van der Waals surface area contributed by atoms with E-state index >= 15 is 0 Å². The molecule has 1 aromatic heterocycles. The molecular weight excluding hydrogens is 315 g/mol. The van der Waals surface area contributed by atoms with Gasteiger partial charge in [0.2, 0.25) is 0 Å². The Bertz CT molecular complexity index is 806. The number of benzene rings is 2. The van der Waals surface area contributed by atoms with Crippen LogP contribution in [0.1, 0.15) is 15.9 Å². The summed E-state index contributed by atoms with van der Waals surface area (Å²) in [5, 5.41) is 5.02. The summed E-state index contributed by atoms with van der Waals surface area (Å²) in [4.78, 5) is 16.3. The second-order valence-corrected chi connectivity index (χ2v) is 5.60. The van der Waals surface area contributed by atoms with Gasteiger partial charge in [-0.1, -0.05) is 24.3 Å². The molecule has 116 valence electrons. The van der Waals surface area contributed by atoms with Gasteiger partial charge in [-0.25, -0.2) is 9.37 Å². The van der Waals surface area contributed by atoms with Gasteiger partial charge in [0.15, 0.2) is 5.13 Å². The maximum absolute atomic E-state index is 13.2. The minimum atomic E-state index is -0.319. The summed E-state index contributed by atoms with van der Waals surface area (Å²) in [6.45, 7) is 0.180. The molecule has 1 amide bonds. The Balaban J connectivity index is 1.73. The van der Waals surface area contributed by atoms with Crippen molar-refractivity contribution in [2.75, 3.05) is 5.32 Å². The third-order valence-electron chi connectivity index (χ3n) is 3.07. The van der Waals surface area contributed by atoms with Crippen LogP contribution in [0.15, 0.2) is 60.1 Å². The predicted octanol–water partition coefficient (Wildman–Crippen LogP) is 4.11. The Morgan fingerprint density at radius 1 is 1.22 bits per heavy atom. The molecule has 0 aliphatic rings. The number of rotatable bonds is 5. The van der Waals surface area contributed by atoms with Gasteiger partial charge in [0.05, 0.1) is 5.56 Å². The van der Waals surface area contributed by atoms with Crippen LogP contribution in [0.4, 0.5) is 9.52 Å². The maximum Gasteiger partial charge on any atom is 0.261 e. The Labute approximate surface area is 136 Å². The highest BCUT2D eigenvalue weighted by Crippen LogP contribution is 2.21. The van der Waals surface area contributed by atoms with Crippen molar-refractivity contribution in [3.05, 3.63) is 77.1 Å². The molecule has 0 spiro atoms. The van der Waals surface area contributed by atoms with Gasteiger partial charge in [-0.05, 0) is 29.8 Å². The predicted molar refractivity (Wildman–Crippen MR) is 87.2 cm³/mol. The normalized spacial score (nSPS) is 10.3. The molecule has 1 N–H and O–H groups in total. The van der Waals surface area contributed by atoms with E-state index in [1.807, 2.05) is 0 Å². The standard InChI is InChI=1S/C17H13FN2O2S/c18-13-5-3-4-12(10-13)11-22-15-7-2-1-6-14(15)16(21)20-17-19-8-9-23-17/h1-10H,11H2,(H,19,20,21). The molecule has 0 fully saturated rings. The van der Waals surface area contributed by atoms with E-state index in [4.69, 9.17) is 4.74 Å². The lowest BCUT2D eigenvalue weighted by molar-refractivity contribution is 0.102. The lowest BCUT2D eigenvalue weighted by Gasteiger charge is -2.11. The minimum absolute atomic E-state index is 0.180. The summed E-state index contributed by atoms with van der Waals surface area (Å²) in [7, 11) is 0. The van der Waals surface area contributed by atoms with E-state index in [1.54, 1.807) is 48.0 Å². The monoisotopic (exact) mass is 328 g/mol. The Morgan fingerprint density at radius 3 is 2.87 bits per heavy atom. The highest BCUT2D eigenvalue weighted by atomic mass is 32.1. The zero-order chi connectivity index (χ0) is 16.1. The van der Waals surface area contributed by atoms with Crippen LogP contribution in [-0.4, -0.2) is 10.9 Å². The second kappa shape index (κ2) is 7.02. The number of para-hydroxylation sites is 1. The van der Waals surface area contributed by atoms with Crippen LogP contribution in [0.5, 0.6) is 5.75 Å². The first kappa shape index (κ1) is 15.2. The number of hydrogen-bond donors (Lipinski definition) is 1. The van der Waals surface area contributed by atoms with Crippen molar-refractivity contribution in [3.8, 4) is 5.75 Å². The minimum Gasteiger partial charge on any atom is -0.488 e. The Morgan fingerprint density at radius 2 is 2.09 bits per heavy atom. The molecule has 0 saturated heterocycles. The van der Waals surface area contributed by atoms with Crippen LogP contribution in [0.25, 0.3) is 0 Å². The van der Waals surface area contributed by atoms with E-state index in [0.29, 0.717) is 22.0 Å². The molecule has 23 heavy (non-hydrogen) atoms. The number of amides is 1. The molecule has 0 unspecified atom stereocenters. The van der Waals surface area contributed by atoms with Gasteiger partial charge in [0.25, 0.3) is 5.91 Å². The number of hydrogen-bond acceptors (Lipinski definition) is 4.